The third-order valence-corrected chi connectivity index (χ3v) is 4.46. The predicted octanol–water partition coefficient (Wildman–Crippen LogP) is 2.31. The summed E-state index contributed by atoms with van der Waals surface area (Å²) >= 11 is 0. The van der Waals surface area contributed by atoms with Crippen LogP contribution in [0.5, 0.6) is 0 Å². The number of aromatic nitrogens is 3. The van der Waals surface area contributed by atoms with Crippen LogP contribution < -0.4 is 5.32 Å². The molecule has 124 valence electrons. The van der Waals surface area contributed by atoms with Gasteiger partial charge in [0.25, 0.3) is 5.91 Å². The van der Waals surface area contributed by atoms with Crippen molar-refractivity contribution in [2.45, 2.75) is 33.6 Å². The number of hydrogen-bond donors (Lipinski definition) is 3. The normalized spacial score (nSPS) is 11.5. The van der Waals surface area contributed by atoms with Gasteiger partial charge in [-0.05, 0) is 31.9 Å². The zero-order valence-corrected chi connectivity index (χ0v) is 13.9. The summed E-state index contributed by atoms with van der Waals surface area (Å²) in [5, 5.41) is 19.4. The van der Waals surface area contributed by atoms with Crippen LogP contribution in [0.15, 0.2) is 24.3 Å². The SMILES string of the molecule is CCC(CC)(CO)CNC(=O)c1ccc(-c2n[nH]c(C)n2)cc1. The molecule has 0 saturated carbocycles. The molecule has 0 saturated heterocycles. The molecule has 0 radical (unpaired) electrons. The number of carbonyl (C=O) groups excluding carboxylic acids is 1. The van der Waals surface area contributed by atoms with Crippen molar-refractivity contribution in [2.24, 2.45) is 5.41 Å². The number of nitrogens with one attached hydrogen (secondary N) is 2. The third-order valence-electron chi connectivity index (χ3n) is 4.46. The van der Waals surface area contributed by atoms with Gasteiger partial charge in [-0.3, -0.25) is 9.89 Å². The molecule has 23 heavy (non-hydrogen) atoms. The van der Waals surface area contributed by atoms with Crippen molar-refractivity contribution >= 4 is 5.91 Å². The fourth-order valence-corrected chi connectivity index (χ4v) is 2.39. The summed E-state index contributed by atoms with van der Waals surface area (Å²) in [5.74, 6) is 1.23. The van der Waals surface area contributed by atoms with Crippen LogP contribution in [0.2, 0.25) is 0 Å². The Morgan fingerprint density at radius 3 is 2.39 bits per heavy atom. The summed E-state index contributed by atoms with van der Waals surface area (Å²) in [5.41, 5.74) is 1.20. The minimum Gasteiger partial charge on any atom is -0.396 e. The number of aromatic amines is 1. The summed E-state index contributed by atoms with van der Waals surface area (Å²) in [7, 11) is 0. The maximum absolute atomic E-state index is 12.3. The van der Waals surface area contributed by atoms with E-state index >= 15 is 0 Å². The Labute approximate surface area is 136 Å². The van der Waals surface area contributed by atoms with E-state index < -0.39 is 0 Å². The summed E-state index contributed by atoms with van der Waals surface area (Å²) in [6.07, 6.45) is 1.65. The van der Waals surface area contributed by atoms with Crippen LogP contribution in [0.4, 0.5) is 0 Å². The average molecular weight is 316 g/mol. The molecule has 0 fully saturated rings. The summed E-state index contributed by atoms with van der Waals surface area (Å²) in [6.45, 7) is 6.44. The van der Waals surface area contributed by atoms with E-state index in [1.807, 2.05) is 32.9 Å². The lowest BCUT2D eigenvalue weighted by atomic mass is 9.83. The molecular formula is C17H24N4O2. The first kappa shape index (κ1) is 17.1. The smallest absolute Gasteiger partial charge is 0.251 e. The summed E-state index contributed by atoms with van der Waals surface area (Å²) in [6, 6.07) is 7.18. The van der Waals surface area contributed by atoms with Crippen molar-refractivity contribution in [1.82, 2.24) is 20.5 Å². The van der Waals surface area contributed by atoms with Crippen LogP contribution in [0, 0.1) is 12.3 Å². The molecule has 6 nitrogen and oxygen atoms in total. The second-order valence-corrected chi connectivity index (χ2v) is 5.87. The van der Waals surface area contributed by atoms with E-state index in [2.05, 4.69) is 20.5 Å². The molecule has 0 unspecified atom stereocenters. The van der Waals surface area contributed by atoms with Crippen LogP contribution in [-0.2, 0) is 0 Å². The van der Waals surface area contributed by atoms with Gasteiger partial charge >= 0.3 is 0 Å². The van der Waals surface area contributed by atoms with E-state index in [9.17, 15) is 9.90 Å². The second kappa shape index (κ2) is 7.37. The number of amides is 1. The first-order chi connectivity index (χ1) is 11.0. The monoisotopic (exact) mass is 316 g/mol. The molecule has 2 rings (SSSR count). The summed E-state index contributed by atoms with van der Waals surface area (Å²) < 4.78 is 0. The lowest BCUT2D eigenvalue weighted by Crippen LogP contribution is -2.39. The molecule has 0 spiro atoms. The van der Waals surface area contributed by atoms with Crippen molar-refractivity contribution in [3.63, 3.8) is 0 Å². The van der Waals surface area contributed by atoms with Gasteiger partial charge in [0.05, 0.1) is 6.61 Å². The maximum Gasteiger partial charge on any atom is 0.251 e. The molecule has 1 aromatic heterocycles. The van der Waals surface area contributed by atoms with Gasteiger partial charge in [0.2, 0.25) is 0 Å². The minimum atomic E-state index is -0.244. The third kappa shape index (κ3) is 3.96. The Morgan fingerprint density at radius 2 is 1.91 bits per heavy atom. The van der Waals surface area contributed by atoms with Crippen LogP contribution >= 0.6 is 0 Å². The Kier molecular flexibility index (Phi) is 5.50. The quantitative estimate of drug-likeness (QED) is 0.731. The van der Waals surface area contributed by atoms with Crippen molar-refractivity contribution < 1.29 is 9.90 Å². The molecule has 1 amide bonds. The van der Waals surface area contributed by atoms with Crippen LogP contribution in [0.3, 0.4) is 0 Å². The van der Waals surface area contributed by atoms with E-state index in [0.717, 1.165) is 24.2 Å². The molecule has 1 aromatic carbocycles. The first-order valence-electron chi connectivity index (χ1n) is 7.92. The average Bonchev–Trinajstić information content (AvgIpc) is 3.03. The molecule has 2 aromatic rings. The maximum atomic E-state index is 12.3. The Balaban J connectivity index is 2.03. The van der Waals surface area contributed by atoms with Crippen molar-refractivity contribution in [2.75, 3.05) is 13.2 Å². The summed E-state index contributed by atoms with van der Waals surface area (Å²) in [4.78, 5) is 16.5. The molecule has 3 N–H and O–H groups in total. The first-order valence-corrected chi connectivity index (χ1v) is 7.92. The van der Waals surface area contributed by atoms with Gasteiger partial charge in [0.1, 0.15) is 5.82 Å². The van der Waals surface area contributed by atoms with Crippen LogP contribution in [0.25, 0.3) is 11.4 Å². The molecule has 0 aliphatic heterocycles. The number of carbonyl (C=O) groups is 1. The highest BCUT2D eigenvalue weighted by molar-refractivity contribution is 5.94. The standard InChI is InChI=1S/C17H24N4O2/c1-4-17(5-2,11-22)10-18-16(23)14-8-6-13(7-9-14)15-19-12(3)20-21-15/h6-9,22H,4-5,10-11H2,1-3H3,(H,18,23)(H,19,20,21). The molecular weight excluding hydrogens is 292 g/mol. The lowest BCUT2D eigenvalue weighted by molar-refractivity contribution is 0.0851. The number of hydrogen-bond acceptors (Lipinski definition) is 4. The van der Waals surface area contributed by atoms with E-state index in [0.29, 0.717) is 17.9 Å². The zero-order chi connectivity index (χ0) is 16.9. The van der Waals surface area contributed by atoms with Crippen molar-refractivity contribution in [1.29, 1.82) is 0 Å². The van der Waals surface area contributed by atoms with Gasteiger partial charge in [-0.25, -0.2) is 4.98 Å². The molecule has 0 bridgehead atoms. The Hall–Kier alpha value is -2.21. The molecule has 0 atom stereocenters. The minimum absolute atomic E-state index is 0.0728. The Morgan fingerprint density at radius 1 is 1.26 bits per heavy atom. The number of aryl methyl sites for hydroxylation is 1. The van der Waals surface area contributed by atoms with E-state index in [1.54, 1.807) is 12.1 Å². The molecule has 6 heteroatoms. The molecule has 0 aliphatic rings. The van der Waals surface area contributed by atoms with Crippen LogP contribution in [0.1, 0.15) is 42.9 Å². The van der Waals surface area contributed by atoms with E-state index in [-0.39, 0.29) is 17.9 Å². The van der Waals surface area contributed by atoms with Crippen molar-refractivity contribution in [3.05, 3.63) is 35.7 Å². The number of aliphatic hydroxyl groups is 1. The number of nitrogens with zero attached hydrogens (tertiary/aromatic N) is 2. The van der Waals surface area contributed by atoms with Gasteiger partial charge < -0.3 is 10.4 Å². The number of benzene rings is 1. The van der Waals surface area contributed by atoms with Gasteiger partial charge in [-0.15, -0.1) is 0 Å². The van der Waals surface area contributed by atoms with Gasteiger partial charge in [0, 0.05) is 23.1 Å². The predicted molar refractivity (Wildman–Crippen MR) is 89.0 cm³/mol. The number of H-pyrrole nitrogens is 1. The lowest BCUT2D eigenvalue weighted by Gasteiger charge is -2.29. The van der Waals surface area contributed by atoms with Gasteiger partial charge in [-0.1, -0.05) is 26.0 Å². The zero-order valence-electron chi connectivity index (χ0n) is 13.9. The second-order valence-electron chi connectivity index (χ2n) is 5.87. The molecule has 0 aliphatic carbocycles. The highest BCUT2D eigenvalue weighted by Gasteiger charge is 2.25. The highest BCUT2D eigenvalue weighted by Crippen LogP contribution is 2.24. The van der Waals surface area contributed by atoms with Gasteiger partial charge in [0.15, 0.2) is 5.82 Å². The fraction of sp³-hybridized carbons (Fsp3) is 0.471. The van der Waals surface area contributed by atoms with Crippen LogP contribution in [-0.4, -0.2) is 39.3 Å². The van der Waals surface area contributed by atoms with E-state index in [4.69, 9.17) is 0 Å². The largest absolute Gasteiger partial charge is 0.396 e. The van der Waals surface area contributed by atoms with E-state index in [1.165, 1.54) is 0 Å². The molecule has 1 heterocycles. The number of aliphatic hydroxyl groups excluding tert-OH is 1. The van der Waals surface area contributed by atoms with Gasteiger partial charge in [-0.2, -0.15) is 5.10 Å². The van der Waals surface area contributed by atoms with Crippen molar-refractivity contribution in [3.8, 4) is 11.4 Å². The number of rotatable bonds is 7. The fourth-order valence-electron chi connectivity index (χ4n) is 2.39. The topological polar surface area (TPSA) is 90.9 Å². The highest BCUT2D eigenvalue weighted by atomic mass is 16.3. The Bertz CT molecular complexity index is 637.